The Kier molecular flexibility index (Phi) is 2.83. The lowest BCUT2D eigenvalue weighted by molar-refractivity contribution is -0.132. The molecule has 1 unspecified atom stereocenters. The van der Waals surface area contributed by atoms with E-state index in [2.05, 4.69) is 0 Å². The number of likely N-dealkylation sites (N-methyl/N-ethyl adjacent to an activating group) is 2. The fourth-order valence-electron chi connectivity index (χ4n) is 2.48. The van der Waals surface area contributed by atoms with Crippen molar-refractivity contribution < 1.29 is 14.4 Å². The van der Waals surface area contributed by atoms with Gasteiger partial charge in [0, 0.05) is 26.6 Å². The van der Waals surface area contributed by atoms with E-state index >= 15 is 0 Å². The average Bonchev–Trinajstić information content (AvgIpc) is 2.74. The van der Waals surface area contributed by atoms with Crippen LogP contribution in [0.15, 0.2) is 0 Å². The lowest BCUT2D eigenvalue weighted by Gasteiger charge is -2.22. The molecule has 100 valence electrons. The fourth-order valence-corrected chi connectivity index (χ4v) is 2.48. The van der Waals surface area contributed by atoms with Crippen molar-refractivity contribution >= 4 is 17.8 Å². The first-order valence-electron chi connectivity index (χ1n) is 6.20. The van der Waals surface area contributed by atoms with E-state index in [9.17, 15) is 14.4 Å². The van der Waals surface area contributed by atoms with E-state index in [-0.39, 0.29) is 30.3 Å². The van der Waals surface area contributed by atoms with Gasteiger partial charge in [0.2, 0.25) is 5.91 Å². The van der Waals surface area contributed by atoms with Gasteiger partial charge in [-0.15, -0.1) is 0 Å². The van der Waals surface area contributed by atoms with Crippen molar-refractivity contribution in [2.75, 3.05) is 20.1 Å². The van der Waals surface area contributed by atoms with Crippen molar-refractivity contribution in [1.29, 1.82) is 0 Å². The normalized spacial score (nSPS) is 27.7. The van der Waals surface area contributed by atoms with Gasteiger partial charge in [0.05, 0.1) is 6.04 Å². The van der Waals surface area contributed by atoms with Gasteiger partial charge in [0.25, 0.3) is 5.91 Å². The molecule has 2 aliphatic rings. The van der Waals surface area contributed by atoms with Gasteiger partial charge in [-0.2, -0.15) is 0 Å². The standard InChI is InChI=1S/C12H19N3O3/c1-5-14-7-8(6-9(14)16)15-10(17)12(2,3)13(4)11(15)18/h8H,5-7H2,1-4H3. The quantitative estimate of drug-likeness (QED) is 0.664. The molecule has 0 saturated carbocycles. The molecular weight excluding hydrogens is 234 g/mol. The summed E-state index contributed by atoms with van der Waals surface area (Å²) in [7, 11) is 1.62. The zero-order valence-electron chi connectivity index (χ0n) is 11.3. The van der Waals surface area contributed by atoms with Crippen LogP contribution in [0, 0.1) is 0 Å². The van der Waals surface area contributed by atoms with Crippen LogP contribution in [-0.4, -0.2) is 64.3 Å². The smallest absolute Gasteiger partial charge is 0.327 e. The van der Waals surface area contributed by atoms with Gasteiger partial charge < -0.3 is 9.80 Å². The Hall–Kier alpha value is -1.59. The zero-order valence-corrected chi connectivity index (χ0v) is 11.3. The first-order chi connectivity index (χ1) is 8.30. The molecular formula is C12H19N3O3. The highest BCUT2D eigenvalue weighted by Gasteiger charge is 2.53. The highest BCUT2D eigenvalue weighted by Crippen LogP contribution is 2.30. The SMILES string of the molecule is CCN1CC(N2C(=O)N(C)C(C)(C)C2=O)CC1=O. The highest BCUT2D eigenvalue weighted by atomic mass is 16.2. The van der Waals surface area contributed by atoms with E-state index in [1.54, 1.807) is 25.8 Å². The maximum atomic E-state index is 12.3. The van der Waals surface area contributed by atoms with Gasteiger partial charge in [-0.1, -0.05) is 0 Å². The van der Waals surface area contributed by atoms with Crippen LogP contribution in [-0.2, 0) is 9.59 Å². The second-order valence-corrected chi connectivity index (χ2v) is 5.37. The first kappa shape index (κ1) is 12.9. The van der Waals surface area contributed by atoms with Crippen LogP contribution in [0.4, 0.5) is 4.79 Å². The van der Waals surface area contributed by atoms with Gasteiger partial charge in [-0.05, 0) is 20.8 Å². The molecule has 2 aliphatic heterocycles. The molecule has 0 aromatic rings. The minimum absolute atomic E-state index is 0.00968. The van der Waals surface area contributed by atoms with E-state index in [4.69, 9.17) is 0 Å². The topological polar surface area (TPSA) is 60.9 Å². The maximum absolute atomic E-state index is 12.3. The summed E-state index contributed by atoms with van der Waals surface area (Å²) in [4.78, 5) is 40.5. The number of imide groups is 1. The van der Waals surface area contributed by atoms with Gasteiger partial charge >= 0.3 is 6.03 Å². The van der Waals surface area contributed by atoms with Crippen LogP contribution < -0.4 is 0 Å². The summed E-state index contributed by atoms with van der Waals surface area (Å²) in [5.74, 6) is -0.207. The summed E-state index contributed by atoms with van der Waals surface area (Å²) in [6.45, 7) is 6.41. The largest absolute Gasteiger partial charge is 0.341 e. The highest BCUT2D eigenvalue weighted by molar-refractivity contribution is 6.07. The fraction of sp³-hybridized carbons (Fsp3) is 0.750. The third kappa shape index (κ3) is 1.59. The van der Waals surface area contributed by atoms with Crippen molar-refractivity contribution in [3.05, 3.63) is 0 Å². The Bertz CT molecular complexity index is 419. The van der Waals surface area contributed by atoms with E-state index in [0.717, 1.165) is 0 Å². The van der Waals surface area contributed by atoms with Crippen LogP contribution >= 0.6 is 0 Å². The number of carbonyl (C=O) groups excluding carboxylic acids is 3. The molecule has 2 fully saturated rings. The molecule has 1 atom stereocenters. The number of carbonyl (C=O) groups is 3. The third-order valence-corrected chi connectivity index (χ3v) is 4.01. The molecule has 18 heavy (non-hydrogen) atoms. The van der Waals surface area contributed by atoms with Gasteiger partial charge in [-0.25, -0.2) is 4.79 Å². The second-order valence-electron chi connectivity index (χ2n) is 5.37. The second kappa shape index (κ2) is 3.96. The number of hydrogen-bond donors (Lipinski definition) is 0. The van der Waals surface area contributed by atoms with Gasteiger partial charge in [0.15, 0.2) is 0 Å². The van der Waals surface area contributed by atoms with Crippen LogP contribution in [0.3, 0.4) is 0 Å². The number of rotatable bonds is 2. The Balaban J connectivity index is 2.23. The average molecular weight is 253 g/mol. The monoisotopic (exact) mass is 253 g/mol. The summed E-state index contributed by atoms with van der Waals surface area (Å²) < 4.78 is 0. The summed E-state index contributed by atoms with van der Waals surface area (Å²) in [6, 6.07) is -0.623. The summed E-state index contributed by atoms with van der Waals surface area (Å²) in [5, 5.41) is 0. The Morgan fingerprint density at radius 3 is 2.28 bits per heavy atom. The Morgan fingerprint density at radius 1 is 1.28 bits per heavy atom. The predicted molar refractivity (Wildman–Crippen MR) is 64.7 cm³/mol. The van der Waals surface area contributed by atoms with Crippen molar-refractivity contribution in [3.63, 3.8) is 0 Å². The van der Waals surface area contributed by atoms with Crippen molar-refractivity contribution in [2.24, 2.45) is 0 Å². The number of nitrogens with zero attached hydrogens (tertiary/aromatic N) is 3. The van der Waals surface area contributed by atoms with E-state index in [0.29, 0.717) is 13.1 Å². The van der Waals surface area contributed by atoms with E-state index in [1.807, 2.05) is 6.92 Å². The van der Waals surface area contributed by atoms with Crippen LogP contribution in [0.5, 0.6) is 0 Å². The summed E-state index contributed by atoms with van der Waals surface area (Å²) in [6.07, 6.45) is 0.245. The molecule has 4 amide bonds. The molecule has 0 spiro atoms. The molecule has 0 radical (unpaired) electrons. The molecule has 2 rings (SSSR count). The predicted octanol–water partition coefficient (Wildman–Crippen LogP) is 0.280. The van der Waals surface area contributed by atoms with Crippen LogP contribution in [0.2, 0.25) is 0 Å². The zero-order chi connectivity index (χ0) is 13.7. The molecule has 0 N–H and O–H groups in total. The molecule has 0 aromatic carbocycles. The molecule has 2 heterocycles. The lowest BCUT2D eigenvalue weighted by atomic mass is 10.0. The van der Waals surface area contributed by atoms with Crippen molar-refractivity contribution in [3.8, 4) is 0 Å². The van der Waals surface area contributed by atoms with Crippen molar-refractivity contribution in [1.82, 2.24) is 14.7 Å². The molecule has 2 saturated heterocycles. The van der Waals surface area contributed by atoms with Gasteiger partial charge in [0.1, 0.15) is 5.54 Å². The van der Waals surface area contributed by atoms with E-state index in [1.165, 1.54) is 9.80 Å². The Morgan fingerprint density at radius 2 is 1.89 bits per heavy atom. The number of hydrogen-bond acceptors (Lipinski definition) is 3. The Labute approximate surface area is 107 Å². The summed E-state index contributed by atoms with van der Waals surface area (Å²) >= 11 is 0. The van der Waals surface area contributed by atoms with Gasteiger partial charge in [-0.3, -0.25) is 14.5 Å². The molecule has 0 aromatic heterocycles. The molecule has 6 nitrogen and oxygen atoms in total. The number of likely N-dealkylation sites (tertiary alicyclic amines) is 1. The number of urea groups is 1. The molecule has 0 aliphatic carbocycles. The number of amides is 4. The molecule has 0 bridgehead atoms. The maximum Gasteiger partial charge on any atom is 0.327 e. The van der Waals surface area contributed by atoms with Crippen LogP contribution in [0.1, 0.15) is 27.2 Å². The summed E-state index contributed by atoms with van der Waals surface area (Å²) in [5.41, 5.74) is -0.820. The minimum Gasteiger partial charge on any atom is -0.341 e. The third-order valence-electron chi connectivity index (χ3n) is 4.01. The minimum atomic E-state index is -0.820. The lowest BCUT2D eigenvalue weighted by Crippen LogP contribution is -2.44. The van der Waals surface area contributed by atoms with E-state index < -0.39 is 5.54 Å². The van der Waals surface area contributed by atoms with Crippen molar-refractivity contribution in [2.45, 2.75) is 38.8 Å². The van der Waals surface area contributed by atoms with Crippen LogP contribution in [0.25, 0.3) is 0 Å². The first-order valence-corrected chi connectivity index (χ1v) is 6.20. The molecule has 6 heteroatoms.